The average molecular weight is 272 g/mol. The Balaban J connectivity index is 2.20. The summed E-state index contributed by atoms with van der Waals surface area (Å²) >= 11 is 1.67. The molecule has 1 aromatic rings. The van der Waals surface area contributed by atoms with Gasteiger partial charge in [-0.05, 0) is 29.2 Å². The molecule has 1 heterocycles. The quantitative estimate of drug-likeness (QED) is 0.890. The summed E-state index contributed by atoms with van der Waals surface area (Å²) in [6, 6.07) is 4.13. The molecule has 4 heteroatoms. The van der Waals surface area contributed by atoms with Gasteiger partial charge in [0.05, 0.1) is 5.60 Å². The number of rotatable bonds is 2. The van der Waals surface area contributed by atoms with Crippen molar-refractivity contribution in [3.05, 3.63) is 35.4 Å². The second-order valence-electron chi connectivity index (χ2n) is 5.95. The van der Waals surface area contributed by atoms with Crippen LogP contribution in [0.5, 0.6) is 0 Å². The van der Waals surface area contributed by atoms with E-state index in [4.69, 9.17) is 0 Å². The van der Waals surface area contributed by atoms with Crippen LogP contribution in [-0.2, 0) is 6.42 Å². The van der Waals surface area contributed by atoms with Gasteiger partial charge < -0.3 is 5.11 Å². The van der Waals surface area contributed by atoms with E-state index >= 15 is 0 Å². The van der Waals surface area contributed by atoms with E-state index in [1.165, 1.54) is 6.07 Å². The second kappa shape index (κ2) is 4.82. The van der Waals surface area contributed by atoms with Gasteiger partial charge in [0, 0.05) is 12.2 Å². The van der Waals surface area contributed by atoms with Crippen molar-refractivity contribution in [2.24, 2.45) is 5.41 Å². The zero-order valence-electron chi connectivity index (χ0n) is 10.7. The van der Waals surface area contributed by atoms with E-state index in [9.17, 15) is 13.9 Å². The highest BCUT2D eigenvalue weighted by molar-refractivity contribution is 7.99. The molecule has 1 N–H and O–H groups in total. The smallest absolute Gasteiger partial charge is 0.162 e. The third-order valence-corrected chi connectivity index (χ3v) is 4.95. The van der Waals surface area contributed by atoms with Crippen LogP contribution in [0.15, 0.2) is 18.2 Å². The summed E-state index contributed by atoms with van der Waals surface area (Å²) in [5.41, 5.74) is -0.654. The molecule has 0 bridgehead atoms. The molecule has 0 saturated carbocycles. The molecule has 0 spiro atoms. The van der Waals surface area contributed by atoms with Crippen LogP contribution in [0.25, 0.3) is 0 Å². The van der Waals surface area contributed by atoms with Crippen LogP contribution in [0.3, 0.4) is 0 Å². The lowest BCUT2D eigenvalue weighted by atomic mass is 9.79. The summed E-state index contributed by atoms with van der Waals surface area (Å²) in [4.78, 5) is 0. The number of thioether (sulfide) groups is 1. The molecular formula is C14H18F2OS. The zero-order chi connectivity index (χ0) is 13.4. The molecule has 1 saturated heterocycles. The Morgan fingerprint density at radius 1 is 1.28 bits per heavy atom. The molecule has 1 aromatic carbocycles. The zero-order valence-corrected chi connectivity index (χ0v) is 11.5. The largest absolute Gasteiger partial charge is 0.389 e. The van der Waals surface area contributed by atoms with E-state index in [-0.39, 0.29) is 17.4 Å². The Labute approximate surface area is 111 Å². The maximum absolute atomic E-state index is 13.6. The van der Waals surface area contributed by atoms with Crippen molar-refractivity contribution in [2.45, 2.75) is 32.3 Å². The van der Waals surface area contributed by atoms with Crippen molar-refractivity contribution in [1.29, 1.82) is 0 Å². The summed E-state index contributed by atoms with van der Waals surface area (Å²) in [6.45, 7) is 4.18. The molecule has 1 nitrogen and oxygen atoms in total. The molecule has 2 rings (SSSR count). The summed E-state index contributed by atoms with van der Waals surface area (Å²) < 4.78 is 26.8. The standard InChI is InChI=1S/C14H18F2OS/c1-13(2)7-14(17,9-18-8-13)6-10-4-3-5-11(15)12(10)16/h3-5,17H,6-9H2,1-2H3. The van der Waals surface area contributed by atoms with E-state index in [2.05, 4.69) is 13.8 Å². The molecule has 1 aliphatic heterocycles. The monoisotopic (exact) mass is 272 g/mol. The Kier molecular flexibility index (Phi) is 3.70. The second-order valence-corrected chi connectivity index (χ2v) is 6.93. The molecule has 1 atom stereocenters. The molecule has 18 heavy (non-hydrogen) atoms. The van der Waals surface area contributed by atoms with Crippen LogP contribution in [0, 0.1) is 17.0 Å². The maximum atomic E-state index is 13.6. The number of hydrogen-bond donors (Lipinski definition) is 1. The lowest BCUT2D eigenvalue weighted by Gasteiger charge is -2.41. The third kappa shape index (κ3) is 3.04. The first-order chi connectivity index (χ1) is 8.31. The van der Waals surface area contributed by atoms with E-state index in [0.29, 0.717) is 12.2 Å². The lowest BCUT2D eigenvalue weighted by Crippen LogP contribution is -2.44. The summed E-state index contributed by atoms with van der Waals surface area (Å²) in [5.74, 6) is -0.119. The predicted octanol–water partition coefficient (Wildman–Crippen LogP) is 3.40. The summed E-state index contributed by atoms with van der Waals surface area (Å²) in [6.07, 6.45) is 0.788. The van der Waals surface area contributed by atoms with E-state index < -0.39 is 17.2 Å². The number of aliphatic hydroxyl groups is 1. The van der Waals surface area contributed by atoms with Gasteiger partial charge in [-0.25, -0.2) is 8.78 Å². The molecular weight excluding hydrogens is 254 g/mol. The van der Waals surface area contributed by atoms with Crippen LogP contribution >= 0.6 is 11.8 Å². The molecule has 1 unspecified atom stereocenters. The molecule has 100 valence electrons. The van der Waals surface area contributed by atoms with Crippen molar-refractivity contribution in [1.82, 2.24) is 0 Å². The van der Waals surface area contributed by atoms with Crippen molar-refractivity contribution in [2.75, 3.05) is 11.5 Å². The van der Waals surface area contributed by atoms with Gasteiger partial charge >= 0.3 is 0 Å². The van der Waals surface area contributed by atoms with Gasteiger partial charge in [-0.2, -0.15) is 11.8 Å². The molecule has 0 aliphatic carbocycles. The highest BCUT2D eigenvalue weighted by Gasteiger charge is 2.39. The third-order valence-electron chi connectivity index (χ3n) is 3.22. The first-order valence-electron chi connectivity index (χ1n) is 6.04. The van der Waals surface area contributed by atoms with Gasteiger partial charge in [-0.1, -0.05) is 26.0 Å². The van der Waals surface area contributed by atoms with Gasteiger partial charge in [0.25, 0.3) is 0 Å². The predicted molar refractivity (Wildman–Crippen MR) is 70.7 cm³/mol. The maximum Gasteiger partial charge on any atom is 0.162 e. The van der Waals surface area contributed by atoms with Crippen LogP contribution in [0.4, 0.5) is 8.78 Å². The number of benzene rings is 1. The SMILES string of the molecule is CC1(C)CSCC(O)(Cc2cccc(F)c2F)C1. The van der Waals surface area contributed by atoms with Gasteiger partial charge in [0.1, 0.15) is 0 Å². The Bertz CT molecular complexity index is 447. The summed E-state index contributed by atoms with van der Waals surface area (Å²) in [7, 11) is 0. The Hall–Kier alpha value is -0.610. The highest BCUT2D eigenvalue weighted by Crippen LogP contribution is 2.40. The van der Waals surface area contributed by atoms with Gasteiger partial charge in [-0.15, -0.1) is 0 Å². The van der Waals surface area contributed by atoms with Crippen LogP contribution in [0.2, 0.25) is 0 Å². The average Bonchev–Trinajstić information content (AvgIpc) is 2.22. The fourth-order valence-electron chi connectivity index (χ4n) is 2.66. The number of hydrogen-bond acceptors (Lipinski definition) is 2. The minimum atomic E-state index is -0.943. The highest BCUT2D eigenvalue weighted by atomic mass is 32.2. The van der Waals surface area contributed by atoms with E-state index in [1.807, 2.05) is 0 Å². The van der Waals surface area contributed by atoms with Crippen LogP contribution in [0.1, 0.15) is 25.8 Å². The van der Waals surface area contributed by atoms with Crippen molar-refractivity contribution in [3.8, 4) is 0 Å². The van der Waals surface area contributed by atoms with E-state index in [0.717, 1.165) is 11.8 Å². The van der Waals surface area contributed by atoms with Crippen LogP contribution in [-0.4, -0.2) is 22.2 Å². The first kappa shape index (κ1) is 13.8. The minimum absolute atomic E-state index is 0.0292. The molecule has 0 radical (unpaired) electrons. The fraction of sp³-hybridized carbons (Fsp3) is 0.571. The topological polar surface area (TPSA) is 20.2 Å². The van der Waals surface area contributed by atoms with Gasteiger partial charge in [0.2, 0.25) is 0 Å². The van der Waals surface area contributed by atoms with E-state index in [1.54, 1.807) is 17.8 Å². The van der Waals surface area contributed by atoms with Crippen molar-refractivity contribution < 1.29 is 13.9 Å². The first-order valence-corrected chi connectivity index (χ1v) is 7.20. The van der Waals surface area contributed by atoms with Gasteiger partial charge in [-0.3, -0.25) is 0 Å². The molecule has 0 amide bonds. The molecule has 0 aromatic heterocycles. The summed E-state index contributed by atoms with van der Waals surface area (Å²) in [5, 5.41) is 10.6. The lowest BCUT2D eigenvalue weighted by molar-refractivity contribution is 0.0192. The molecule has 1 aliphatic rings. The molecule has 1 fully saturated rings. The number of halogens is 2. The van der Waals surface area contributed by atoms with Gasteiger partial charge in [0.15, 0.2) is 11.6 Å². The van der Waals surface area contributed by atoms with Crippen molar-refractivity contribution in [3.63, 3.8) is 0 Å². The fourth-order valence-corrected chi connectivity index (χ4v) is 4.00. The Morgan fingerprint density at radius 2 is 2.00 bits per heavy atom. The normalized spacial score (nSPS) is 27.2. The minimum Gasteiger partial charge on any atom is -0.389 e. The Morgan fingerprint density at radius 3 is 2.67 bits per heavy atom. The van der Waals surface area contributed by atoms with Crippen LogP contribution < -0.4 is 0 Å². The van der Waals surface area contributed by atoms with Crippen molar-refractivity contribution >= 4 is 11.8 Å².